The summed E-state index contributed by atoms with van der Waals surface area (Å²) in [4.78, 5) is 1.53. The number of nitrogens with two attached hydrogens (primary N) is 1. The van der Waals surface area contributed by atoms with Gasteiger partial charge in [-0.2, -0.15) is 13.2 Å². The van der Waals surface area contributed by atoms with Crippen molar-refractivity contribution < 1.29 is 18.3 Å². The smallest absolute Gasteiger partial charge is 0.394 e. The molecule has 1 aromatic rings. The number of aliphatic hydroxyl groups is 1. The van der Waals surface area contributed by atoms with Gasteiger partial charge in [0.1, 0.15) is 5.84 Å². The molecule has 106 valence electrons. The minimum absolute atomic E-state index is 0.174. The van der Waals surface area contributed by atoms with Crippen molar-refractivity contribution in [3.8, 4) is 0 Å². The molecule has 4 nitrogen and oxygen atoms in total. The third kappa shape index (κ3) is 3.37. The number of nitrogens with zero attached hydrogens (tertiary/aromatic N) is 1. The highest BCUT2D eigenvalue weighted by Crippen LogP contribution is 2.34. The molecule has 19 heavy (non-hydrogen) atoms. The van der Waals surface area contributed by atoms with Crippen LogP contribution >= 0.6 is 0 Å². The normalized spacial score (nSPS) is 13.2. The van der Waals surface area contributed by atoms with Gasteiger partial charge in [-0.05, 0) is 25.1 Å². The molecule has 0 aliphatic rings. The van der Waals surface area contributed by atoms with Gasteiger partial charge in [0, 0.05) is 24.3 Å². The fourth-order valence-electron chi connectivity index (χ4n) is 1.60. The SMILES string of the molecule is CC(CO)N(C)c1ccc(C(=N)N)c(C(F)(F)F)c1. The molecule has 0 heterocycles. The van der Waals surface area contributed by atoms with Crippen LogP contribution in [-0.4, -0.2) is 30.6 Å². The molecule has 0 aliphatic heterocycles. The Morgan fingerprint density at radius 1 is 1.47 bits per heavy atom. The van der Waals surface area contributed by atoms with E-state index in [1.54, 1.807) is 14.0 Å². The fourth-order valence-corrected chi connectivity index (χ4v) is 1.60. The molecular weight excluding hydrogens is 259 g/mol. The number of alkyl halides is 3. The van der Waals surface area contributed by atoms with Crippen LogP contribution in [0.4, 0.5) is 18.9 Å². The number of rotatable bonds is 4. The second-order valence-electron chi connectivity index (χ2n) is 4.28. The van der Waals surface area contributed by atoms with Crippen molar-refractivity contribution in [2.24, 2.45) is 5.73 Å². The third-order valence-corrected chi connectivity index (χ3v) is 2.93. The standard InChI is InChI=1S/C12H16F3N3O/c1-7(6-19)18(2)8-3-4-9(11(16)17)10(5-8)12(13,14)15/h3-5,7,19H,6H2,1-2H3,(H3,16,17). The van der Waals surface area contributed by atoms with Crippen LogP contribution in [0.1, 0.15) is 18.1 Å². The van der Waals surface area contributed by atoms with Gasteiger partial charge < -0.3 is 15.7 Å². The van der Waals surface area contributed by atoms with E-state index < -0.39 is 17.6 Å². The fraction of sp³-hybridized carbons (Fsp3) is 0.417. The summed E-state index contributed by atoms with van der Waals surface area (Å²) in [7, 11) is 1.59. The number of benzene rings is 1. The Balaban J connectivity index is 3.30. The number of aliphatic hydroxyl groups excluding tert-OH is 1. The topological polar surface area (TPSA) is 73.3 Å². The van der Waals surface area contributed by atoms with E-state index in [1.807, 2.05) is 0 Å². The van der Waals surface area contributed by atoms with Crippen LogP contribution in [0.5, 0.6) is 0 Å². The molecule has 0 saturated carbocycles. The molecular formula is C12H16F3N3O. The van der Waals surface area contributed by atoms with Gasteiger partial charge in [0.15, 0.2) is 0 Å². The van der Waals surface area contributed by atoms with Gasteiger partial charge >= 0.3 is 6.18 Å². The summed E-state index contributed by atoms with van der Waals surface area (Å²) in [5, 5.41) is 16.2. The maximum Gasteiger partial charge on any atom is 0.417 e. The number of nitrogen functional groups attached to an aromatic ring is 1. The molecule has 0 bridgehead atoms. The van der Waals surface area contributed by atoms with Crippen molar-refractivity contribution in [2.75, 3.05) is 18.6 Å². The highest BCUT2D eigenvalue weighted by atomic mass is 19.4. The predicted octanol–water partition coefficient (Wildman–Crippen LogP) is 1.81. The lowest BCUT2D eigenvalue weighted by Gasteiger charge is -2.26. The van der Waals surface area contributed by atoms with E-state index in [4.69, 9.17) is 16.2 Å². The molecule has 1 atom stereocenters. The van der Waals surface area contributed by atoms with E-state index >= 15 is 0 Å². The number of anilines is 1. The molecule has 0 fully saturated rings. The van der Waals surface area contributed by atoms with Gasteiger partial charge in [-0.1, -0.05) is 0 Å². The number of nitrogens with one attached hydrogen (secondary N) is 1. The lowest BCUT2D eigenvalue weighted by Crippen LogP contribution is -2.32. The van der Waals surface area contributed by atoms with E-state index in [2.05, 4.69) is 0 Å². The highest BCUT2D eigenvalue weighted by molar-refractivity contribution is 5.97. The van der Waals surface area contributed by atoms with Crippen molar-refractivity contribution >= 4 is 11.5 Å². The van der Waals surface area contributed by atoms with Crippen molar-refractivity contribution in [3.63, 3.8) is 0 Å². The van der Waals surface area contributed by atoms with Crippen LogP contribution in [-0.2, 0) is 6.18 Å². The summed E-state index contributed by atoms with van der Waals surface area (Å²) >= 11 is 0. The second kappa shape index (κ2) is 5.48. The highest BCUT2D eigenvalue weighted by Gasteiger charge is 2.34. The molecule has 1 rings (SSSR count). The third-order valence-electron chi connectivity index (χ3n) is 2.93. The number of amidine groups is 1. The van der Waals surface area contributed by atoms with Crippen LogP contribution in [0.3, 0.4) is 0 Å². The molecule has 0 saturated heterocycles. The van der Waals surface area contributed by atoms with Gasteiger partial charge in [0.25, 0.3) is 0 Å². The summed E-state index contributed by atoms with van der Waals surface area (Å²) in [6.07, 6.45) is -4.58. The summed E-state index contributed by atoms with van der Waals surface area (Å²) in [5.74, 6) is -0.628. The molecule has 1 unspecified atom stereocenters. The van der Waals surface area contributed by atoms with Gasteiger partial charge in [-0.15, -0.1) is 0 Å². The first-order valence-corrected chi connectivity index (χ1v) is 5.57. The average Bonchev–Trinajstić information content (AvgIpc) is 2.35. The number of hydrogen-bond acceptors (Lipinski definition) is 3. The van der Waals surface area contributed by atoms with Crippen LogP contribution in [0.2, 0.25) is 0 Å². The number of hydrogen-bond donors (Lipinski definition) is 3. The Hall–Kier alpha value is -1.76. The average molecular weight is 275 g/mol. The predicted molar refractivity (Wildman–Crippen MR) is 67.4 cm³/mol. The van der Waals surface area contributed by atoms with Gasteiger partial charge in [0.2, 0.25) is 0 Å². The monoisotopic (exact) mass is 275 g/mol. The number of likely N-dealkylation sites (N-methyl/N-ethyl adjacent to an activating group) is 1. The zero-order valence-corrected chi connectivity index (χ0v) is 10.6. The van der Waals surface area contributed by atoms with Crippen molar-refractivity contribution in [1.82, 2.24) is 0 Å². The van der Waals surface area contributed by atoms with Gasteiger partial charge in [-0.25, -0.2) is 0 Å². The molecule has 0 radical (unpaired) electrons. The first-order chi connectivity index (χ1) is 8.68. The first kappa shape index (κ1) is 15.3. The maximum atomic E-state index is 12.9. The summed E-state index contributed by atoms with van der Waals surface area (Å²) < 4.78 is 38.7. The quantitative estimate of drug-likeness (QED) is 0.579. The van der Waals surface area contributed by atoms with Crippen LogP contribution < -0.4 is 10.6 Å². The summed E-state index contributed by atoms with van der Waals surface area (Å²) in [6, 6.07) is 3.23. The Morgan fingerprint density at radius 3 is 2.47 bits per heavy atom. The van der Waals surface area contributed by atoms with Crippen molar-refractivity contribution in [2.45, 2.75) is 19.1 Å². The van der Waals surface area contributed by atoms with Gasteiger partial charge in [-0.3, -0.25) is 5.41 Å². The van der Waals surface area contributed by atoms with Crippen LogP contribution in [0.25, 0.3) is 0 Å². The molecule has 1 aromatic carbocycles. The largest absolute Gasteiger partial charge is 0.417 e. The maximum absolute atomic E-state index is 12.9. The number of halogens is 3. The Bertz CT molecular complexity index is 474. The molecule has 4 N–H and O–H groups in total. The molecule has 0 aromatic heterocycles. The lowest BCUT2D eigenvalue weighted by atomic mass is 10.0. The lowest BCUT2D eigenvalue weighted by molar-refractivity contribution is -0.137. The molecule has 0 spiro atoms. The van der Waals surface area contributed by atoms with E-state index in [-0.39, 0.29) is 18.2 Å². The van der Waals surface area contributed by atoms with E-state index in [9.17, 15) is 13.2 Å². The first-order valence-electron chi connectivity index (χ1n) is 5.57. The Morgan fingerprint density at radius 2 is 2.05 bits per heavy atom. The summed E-state index contributed by atoms with van der Waals surface area (Å²) in [5.41, 5.74) is 4.16. The minimum Gasteiger partial charge on any atom is -0.394 e. The van der Waals surface area contributed by atoms with Crippen molar-refractivity contribution in [1.29, 1.82) is 5.41 Å². The molecule has 7 heteroatoms. The molecule has 0 aliphatic carbocycles. The van der Waals surface area contributed by atoms with Crippen LogP contribution in [0.15, 0.2) is 18.2 Å². The second-order valence-corrected chi connectivity index (χ2v) is 4.28. The Kier molecular flexibility index (Phi) is 4.41. The molecule has 0 amide bonds. The zero-order valence-electron chi connectivity index (χ0n) is 10.6. The minimum atomic E-state index is -4.58. The van der Waals surface area contributed by atoms with Crippen molar-refractivity contribution in [3.05, 3.63) is 29.3 Å². The van der Waals surface area contributed by atoms with Gasteiger partial charge in [0.05, 0.1) is 12.2 Å². The Labute approximate surface area is 109 Å². The summed E-state index contributed by atoms with van der Waals surface area (Å²) in [6.45, 7) is 1.51. The van der Waals surface area contributed by atoms with E-state index in [0.717, 1.165) is 6.07 Å². The van der Waals surface area contributed by atoms with E-state index in [1.165, 1.54) is 17.0 Å². The van der Waals surface area contributed by atoms with E-state index in [0.29, 0.717) is 5.69 Å². The van der Waals surface area contributed by atoms with Crippen LogP contribution in [0, 0.1) is 5.41 Å². The zero-order chi connectivity index (χ0) is 14.8.